The number of carbonyl (C=O) groups is 1. The highest BCUT2D eigenvalue weighted by molar-refractivity contribution is 5.83. The van der Waals surface area contributed by atoms with Gasteiger partial charge in [0.15, 0.2) is 5.82 Å². The molecule has 1 aliphatic heterocycles. The standard InChI is InChI=1S/C16H25N7O/c1-11(2)9-23-13(12-5-7-18-19-12)20-21-15(23)22-8-6-16(3,10-22)14(24)17-4/h5,7,11H,6,8-10H2,1-4H3,(H,17,24)(H,18,19). The Bertz CT molecular complexity index is 706. The molecule has 0 radical (unpaired) electrons. The summed E-state index contributed by atoms with van der Waals surface area (Å²) in [5.74, 6) is 2.13. The van der Waals surface area contributed by atoms with Gasteiger partial charge in [-0.3, -0.25) is 14.5 Å². The summed E-state index contributed by atoms with van der Waals surface area (Å²) in [6, 6.07) is 1.89. The van der Waals surface area contributed by atoms with Gasteiger partial charge in [0.2, 0.25) is 11.9 Å². The number of hydrogen-bond donors (Lipinski definition) is 2. The monoisotopic (exact) mass is 331 g/mol. The summed E-state index contributed by atoms with van der Waals surface area (Å²) in [5.41, 5.74) is 0.458. The van der Waals surface area contributed by atoms with Gasteiger partial charge in [-0.2, -0.15) is 5.10 Å². The zero-order chi connectivity index (χ0) is 17.3. The smallest absolute Gasteiger partial charge is 0.227 e. The number of carbonyl (C=O) groups excluding carboxylic acids is 1. The van der Waals surface area contributed by atoms with E-state index in [-0.39, 0.29) is 5.91 Å². The highest BCUT2D eigenvalue weighted by Crippen LogP contribution is 2.34. The minimum absolute atomic E-state index is 0.0775. The van der Waals surface area contributed by atoms with Crippen molar-refractivity contribution >= 4 is 11.9 Å². The van der Waals surface area contributed by atoms with Crippen LogP contribution in [0.2, 0.25) is 0 Å². The quantitative estimate of drug-likeness (QED) is 0.861. The summed E-state index contributed by atoms with van der Waals surface area (Å²) in [7, 11) is 1.69. The molecule has 3 rings (SSSR count). The van der Waals surface area contributed by atoms with Crippen molar-refractivity contribution in [3.05, 3.63) is 12.3 Å². The summed E-state index contributed by atoms with van der Waals surface area (Å²) in [4.78, 5) is 14.3. The fraction of sp³-hybridized carbons (Fsp3) is 0.625. The summed E-state index contributed by atoms with van der Waals surface area (Å²) in [6.45, 7) is 8.59. The van der Waals surface area contributed by atoms with E-state index in [1.165, 1.54) is 0 Å². The van der Waals surface area contributed by atoms with Gasteiger partial charge in [0, 0.05) is 32.9 Å². The number of aromatic amines is 1. The van der Waals surface area contributed by atoms with Crippen molar-refractivity contribution in [1.82, 2.24) is 30.3 Å². The van der Waals surface area contributed by atoms with Crippen molar-refractivity contribution < 1.29 is 4.79 Å². The zero-order valence-corrected chi connectivity index (χ0v) is 14.7. The highest BCUT2D eigenvalue weighted by atomic mass is 16.2. The molecule has 24 heavy (non-hydrogen) atoms. The van der Waals surface area contributed by atoms with E-state index < -0.39 is 5.41 Å². The fourth-order valence-corrected chi connectivity index (χ4v) is 3.26. The molecule has 3 heterocycles. The molecule has 8 heteroatoms. The maximum absolute atomic E-state index is 12.2. The number of anilines is 1. The molecule has 130 valence electrons. The first-order chi connectivity index (χ1) is 11.4. The first kappa shape index (κ1) is 16.5. The molecule has 0 spiro atoms. The van der Waals surface area contributed by atoms with Gasteiger partial charge in [-0.15, -0.1) is 10.2 Å². The molecule has 2 aromatic rings. The molecular weight excluding hydrogens is 306 g/mol. The second-order valence-corrected chi connectivity index (χ2v) is 7.11. The number of H-pyrrole nitrogens is 1. The van der Waals surface area contributed by atoms with E-state index in [0.29, 0.717) is 12.5 Å². The third kappa shape index (κ3) is 2.88. The van der Waals surface area contributed by atoms with Gasteiger partial charge in [0.25, 0.3) is 0 Å². The van der Waals surface area contributed by atoms with Crippen LogP contribution in [0.1, 0.15) is 27.2 Å². The Balaban J connectivity index is 1.93. The van der Waals surface area contributed by atoms with Crippen molar-refractivity contribution in [3.8, 4) is 11.5 Å². The molecule has 2 aromatic heterocycles. The van der Waals surface area contributed by atoms with E-state index in [2.05, 4.69) is 49.0 Å². The van der Waals surface area contributed by atoms with Crippen LogP contribution in [0.3, 0.4) is 0 Å². The summed E-state index contributed by atoms with van der Waals surface area (Å²) < 4.78 is 2.12. The third-order valence-corrected chi connectivity index (χ3v) is 4.55. The Kier molecular flexibility index (Phi) is 4.29. The first-order valence-electron chi connectivity index (χ1n) is 8.34. The number of rotatable bonds is 5. The molecule has 1 unspecified atom stereocenters. The highest BCUT2D eigenvalue weighted by Gasteiger charge is 2.41. The van der Waals surface area contributed by atoms with Crippen LogP contribution in [0.25, 0.3) is 11.5 Å². The lowest BCUT2D eigenvalue weighted by Gasteiger charge is -2.24. The number of aromatic nitrogens is 5. The minimum atomic E-state index is -0.391. The fourth-order valence-electron chi connectivity index (χ4n) is 3.26. The van der Waals surface area contributed by atoms with Crippen LogP contribution in [0.4, 0.5) is 5.95 Å². The van der Waals surface area contributed by atoms with Gasteiger partial charge in [-0.05, 0) is 25.3 Å². The van der Waals surface area contributed by atoms with Crippen molar-refractivity contribution in [1.29, 1.82) is 0 Å². The Morgan fingerprint density at radius 1 is 1.46 bits per heavy atom. The van der Waals surface area contributed by atoms with Crippen LogP contribution < -0.4 is 10.2 Å². The average Bonchev–Trinajstić information content (AvgIpc) is 3.25. The van der Waals surface area contributed by atoms with Crippen LogP contribution in [0.5, 0.6) is 0 Å². The normalized spacial score (nSPS) is 20.8. The van der Waals surface area contributed by atoms with Crippen molar-refractivity contribution in [2.24, 2.45) is 11.3 Å². The number of hydrogen-bond acceptors (Lipinski definition) is 5. The van der Waals surface area contributed by atoms with E-state index >= 15 is 0 Å². The molecule has 2 N–H and O–H groups in total. The number of nitrogens with zero attached hydrogens (tertiary/aromatic N) is 5. The molecule has 1 saturated heterocycles. The van der Waals surface area contributed by atoms with Crippen LogP contribution >= 0.6 is 0 Å². The second-order valence-electron chi connectivity index (χ2n) is 7.11. The Morgan fingerprint density at radius 3 is 2.88 bits per heavy atom. The van der Waals surface area contributed by atoms with E-state index in [4.69, 9.17) is 0 Å². The van der Waals surface area contributed by atoms with E-state index in [9.17, 15) is 4.79 Å². The third-order valence-electron chi connectivity index (χ3n) is 4.55. The first-order valence-corrected chi connectivity index (χ1v) is 8.34. The molecule has 1 amide bonds. The molecule has 0 aromatic carbocycles. The van der Waals surface area contributed by atoms with Gasteiger partial charge in [0.1, 0.15) is 5.69 Å². The SMILES string of the molecule is CNC(=O)C1(C)CCN(c2nnc(-c3ccn[nH]3)n2CC(C)C)C1. The van der Waals surface area contributed by atoms with E-state index in [0.717, 1.165) is 37.0 Å². The molecular formula is C16H25N7O. The molecule has 1 atom stereocenters. The zero-order valence-electron chi connectivity index (χ0n) is 14.7. The van der Waals surface area contributed by atoms with Crippen LogP contribution in [0, 0.1) is 11.3 Å². The van der Waals surface area contributed by atoms with Crippen LogP contribution in [0.15, 0.2) is 12.3 Å². The van der Waals surface area contributed by atoms with Crippen molar-refractivity contribution in [2.45, 2.75) is 33.7 Å². The van der Waals surface area contributed by atoms with Gasteiger partial charge in [-0.25, -0.2) is 0 Å². The summed E-state index contributed by atoms with van der Waals surface area (Å²) in [6.07, 6.45) is 2.52. The number of nitrogens with one attached hydrogen (secondary N) is 2. The van der Waals surface area contributed by atoms with E-state index in [1.807, 2.05) is 13.0 Å². The van der Waals surface area contributed by atoms with E-state index in [1.54, 1.807) is 13.2 Å². The lowest BCUT2D eigenvalue weighted by Crippen LogP contribution is -2.39. The van der Waals surface area contributed by atoms with Gasteiger partial charge in [0.05, 0.1) is 5.41 Å². The lowest BCUT2D eigenvalue weighted by molar-refractivity contribution is -0.128. The van der Waals surface area contributed by atoms with Crippen molar-refractivity contribution in [2.75, 3.05) is 25.0 Å². The Morgan fingerprint density at radius 2 is 2.25 bits per heavy atom. The second kappa shape index (κ2) is 6.26. The molecule has 1 aliphatic rings. The maximum Gasteiger partial charge on any atom is 0.227 e. The van der Waals surface area contributed by atoms with Gasteiger partial charge < -0.3 is 10.2 Å². The molecule has 0 saturated carbocycles. The van der Waals surface area contributed by atoms with Crippen LogP contribution in [-0.4, -0.2) is 51.0 Å². The lowest BCUT2D eigenvalue weighted by atomic mass is 9.89. The summed E-state index contributed by atoms with van der Waals surface area (Å²) >= 11 is 0. The minimum Gasteiger partial charge on any atom is -0.359 e. The van der Waals surface area contributed by atoms with Gasteiger partial charge >= 0.3 is 0 Å². The van der Waals surface area contributed by atoms with Crippen molar-refractivity contribution in [3.63, 3.8) is 0 Å². The molecule has 8 nitrogen and oxygen atoms in total. The summed E-state index contributed by atoms with van der Waals surface area (Å²) in [5, 5.41) is 18.5. The maximum atomic E-state index is 12.2. The Labute approximate surface area is 141 Å². The molecule has 1 fully saturated rings. The Hall–Kier alpha value is -2.38. The predicted molar refractivity (Wildman–Crippen MR) is 91.4 cm³/mol. The molecule has 0 bridgehead atoms. The predicted octanol–water partition coefficient (Wildman–Crippen LogP) is 1.29. The molecule has 0 aliphatic carbocycles. The topological polar surface area (TPSA) is 91.7 Å². The average molecular weight is 331 g/mol. The van der Waals surface area contributed by atoms with Crippen LogP contribution in [-0.2, 0) is 11.3 Å². The number of amides is 1. The van der Waals surface area contributed by atoms with Gasteiger partial charge in [-0.1, -0.05) is 13.8 Å². The largest absolute Gasteiger partial charge is 0.359 e.